The molecule has 1 fully saturated rings. The number of aliphatic imine (C=N–C) groups is 1. The third kappa shape index (κ3) is 3.06. The van der Waals surface area contributed by atoms with Crippen molar-refractivity contribution in [2.75, 3.05) is 32.8 Å². The number of benzene rings is 1. The predicted molar refractivity (Wildman–Crippen MR) is 91.0 cm³/mol. The van der Waals surface area contributed by atoms with Gasteiger partial charge in [-0.05, 0) is 23.1 Å². The third-order valence-electron chi connectivity index (χ3n) is 4.44. The topological polar surface area (TPSA) is 45.1 Å². The zero-order chi connectivity index (χ0) is 16.5. The Hall–Kier alpha value is -1.86. The highest BCUT2D eigenvalue weighted by atomic mass is 32.2. The molecule has 0 radical (unpaired) electrons. The largest absolute Gasteiger partial charge is 0.370 e. The minimum absolute atomic E-state index is 0.102. The number of carbonyl (C=O) groups excluding carboxylic acids is 1. The lowest BCUT2D eigenvalue weighted by molar-refractivity contribution is -0.138. The van der Waals surface area contributed by atoms with Gasteiger partial charge in [-0.3, -0.25) is 9.79 Å². The summed E-state index contributed by atoms with van der Waals surface area (Å²) < 4.78 is 18.8. The highest BCUT2D eigenvalue weighted by molar-refractivity contribution is 8.16. The van der Waals surface area contributed by atoms with Crippen LogP contribution < -0.4 is 0 Å². The molecule has 3 aliphatic rings. The number of amides is 1. The molecule has 0 unspecified atom stereocenters. The molecule has 0 aliphatic carbocycles. The van der Waals surface area contributed by atoms with Gasteiger partial charge in [0.1, 0.15) is 11.9 Å². The number of fused-ring (bicyclic) bond motifs is 1. The molecule has 0 aromatic heterocycles. The number of hydrogen-bond acceptors (Lipinski definition) is 5. The van der Waals surface area contributed by atoms with Crippen LogP contribution in [0.2, 0.25) is 0 Å². The van der Waals surface area contributed by atoms with Gasteiger partial charge in [0.2, 0.25) is 5.91 Å². The van der Waals surface area contributed by atoms with Crippen molar-refractivity contribution in [3.8, 4) is 0 Å². The number of nitrogens with zero attached hydrogens (tertiary/aromatic N) is 3. The number of halogens is 1. The van der Waals surface area contributed by atoms with Crippen molar-refractivity contribution in [2.45, 2.75) is 12.5 Å². The fourth-order valence-electron chi connectivity index (χ4n) is 3.14. The Labute approximate surface area is 144 Å². The molecule has 3 heterocycles. The first-order chi connectivity index (χ1) is 11.7. The number of hydrogen-bond donors (Lipinski definition) is 0. The van der Waals surface area contributed by atoms with Gasteiger partial charge in [-0.1, -0.05) is 23.9 Å². The Kier molecular flexibility index (Phi) is 4.28. The van der Waals surface area contributed by atoms with E-state index in [1.807, 2.05) is 10.3 Å². The summed E-state index contributed by atoms with van der Waals surface area (Å²) in [6.07, 6.45) is 0.196. The first kappa shape index (κ1) is 15.7. The molecular formula is C17H18FN3O2S. The van der Waals surface area contributed by atoms with Crippen LogP contribution in [0.4, 0.5) is 4.39 Å². The van der Waals surface area contributed by atoms with Crippen molar-refractivity contribution in [3.63, 3.8) is 0 Å². The molecule has 1 saturated heterocycles. The highest BCUT2D eigenvalue weighted by Gasteiger charge is 2.30. The van der Waals surface area contributed by atoms with E-state index in [0.29, 0.717) is 26.1 Å². The van der Waals surface area contributed by atoms with E-state index in [2.05, 4.69) is 9.89 Å². The van der Waals surface area contributed by atoms with Gasteiger partial charge in [0.05, 0.1) is 26.1 Å². The maximum atomic E-state index is 13.1. The molecule has 7 heteroatoms. The average molecular weight is 347 g/mol. The van der Waals surface area contributed by atoms with E-state index in [-0.39, 0.29) is 17.8 Å². The first-order valence-electron chi connectivity index (χ1n) is 8.03. The van der Waals surface area contributed by atoms with Gasteiger partial charge in [-0.15, -0.1) is 0 Å². The second kappa shape index (κ2) is 6.57. The van der Waals surface area contributed by atoms with Crippen LogP contribution in [-0.4, -0.2) is 53.7 Å². The van der Waals surface area contributed by atoms with Crippen LogP contribution in [0, 0.1) is 5.82 Å². The van der Waals surface area contributed by atoms with Gasteiger partial charge < -0.3 is 14.5 Å². The standard InChI is InChI=1S/C17H18FN3O2S/c18-13-3-1-12(2-4-13)15-10-20(7-8-23-15)16(22)9-14-11-24-17-19-5-6-21(14)17/h1-4,11,15H,5-10H2/t15-/m0/s1. The number of rotatable bonds is 3. The van der Waals surface area contributed by atoms with Gasteiger partial charge in [-0.25, -0.2) is 4.39 Å². The number of morpholine rings is 1. The Balaban J connectivity index is 1.39. The summed E-state index contributed by atoms with van der Waals surface area (Å²) in [6, 6.07) is 6.29. The molecule has 4 rings (SSSR count). The minimum Gasteiger partial charge on any atom is -0.370 e. The zero-order valence-corrected chi connectivity index (χ0v) is 14.0. The van der Waals surface area contributed by atoms with Crippen LogP contribution in [-0.2, 0) is 9.53 Å². The van der Waals surface area contributed by atoms with Crippen molar-refractivity contribution in [1.29, 1.82) is 0 Å². The molecule has 0 saturated carbocycles. The number of thioether (sulfide) groups is 1. The SMILES string of the molecule is O=C(CC1=CSC2=NCCN12)N1CCO[C@H](c2ccc(F)cc2)C1. The van der Waals surface area contributed by atoms with Gasteiger partial charge >= 0.3 is 0 Å². The Morgan fingerprint density at radius 2 is 2.17 bits per heavy atom. The summed E-state index contributed by atoms with van der Waals surface area (Å²) in [5.41, 5.74) is 1.93. The summed E-state index contributed by atoms with van der Waals surface area (Å²) in [7, 11) is 0. The molecule has 5 nitrogen and oxygen atoms in total. The van der Waals surface area contributed by atoms with Crippen molar-refractivity contribution in [1.82, 2.24) is 9.80 Å². The number of amidine groups is 1. The summed E-state index contributed by atoms with van der Waals surface area (Å²) in [5.74, 6) is -0.165. The normalized spacial score (nSPS) is 23.1. The molecule has 3 aliphatic heterocycles. The summed E-state index contributed by atoms with van der Waals surface area (Å²) in [5, 5.41) is 3.03. The van der Waals surface area contributed by atoms with Crippen LogP contribution in [0.3, 0.4) is 0 Å². The minimum atomic E-state index is -0.267. The van der Waals surface area contributed by atoms with E-state index in [1.165, 1.54) is 12.1 Å². The van der Waals surface area contributed by atoms with Crippen molar-refractivity contribution in [3.05, 3.63) is 46.8 Å². The molecule has 0 spiro atoms. The fourth-order valence-corrected chi connectivity index (χ4v) is 4.09. The molecule has 1 amide bonds. The smallest absolute Gasteiger partial charge is 0.228 e. The van der Waals surface area contributed by atoms with Crippen LogP contribution >= 0.6 is 11.8 Å². The Bertz CT molecular complexity index is 704. The van der Waals surface area contributed by atoms with E-state index in [1.54, 1.807) is 23.9 Å². The molecule has 1 aromatic rings. The van der Waals surface area contributed by atoms with E-state index >= 15 is 0 Å². The molecule has 1 atom stereocenters. The van der Waals surface area contributed by atoms with E-state index in [0.717, 1.165) is 29.5 Å². The van der Waals surface area contributed by atoms with E-state index in [4.69, 9.17) is 4.74 Å². The maximum absolute atomic E-state index is 13.1. The summed E-state index contributed by atoms with van der Waals surface area (Å²) in [4.78, 5) is 21.0. The van der Waals surface area contributed by atoms with Crippen molar-refractivity contribution in [2.24, 2.45) is 4.99 Å². The molecule has 1 aromatic carbocycles. The van der Waals surface area contributed by atoms with Crippen LogP contribution in [0.25, 0.3) is 0 Å². The Morgan fingerprint density at radius 1 is 1.33 bits per heavy atom. The summed E-state index contributed by atoms with van der Waals surface area (Å²) in [6.45, 7) is 3.27. The first-order valence-corrected chi connectivity index (χ1v) is 8.91. The second-order valence-corrected chi connectivity index (χ2v) is 6.81. The Morgan fingerprint density at radius 3 is 3.00 bits per heavy atom. The monoisotopic (exact) mass is 347 g/mol. The summed E-state index contributed by atoms with van der Waals surface area (Å²) >= 11 is 1.59. The predicted octanol–water partition coefficient (Wildman–Crippen LogP) is 2.38. The van der Waals surface area contributed by atoms with E-state index < -0.39 is 0 Å². The molecular weight excluding hydrogens is 329 g/mol. The highest BCUT2D eigenvalue weighted by Crippen LogP contribution is 2.31. The average Bonchev–Trinajstić information content (AvgIpc) is 3.21. The number of carbonyl (C=O) groups is 1. The van der Waals surface area contributed by atoms with Crippen molar-refractivity contribution >= 4 is 22.8 Å². The lowest BCUT2D eigenvalue weighted by Crippen LogP contribution is -2.42. The second-order valence-electron chi connectivity index (χ2n) is 5.97. The van der Waals surface area contributed by atoms with Gasteiger partial charge in [0, 0.05) is 18.8 Å². The van der Waals surface area contributed by atoms with Crippen LogP contribution in [0.5, 0.6) is 0 Å². The van der Waals surface area contributed by atoms with Gasteiger partial charge in [0.15, 0.2) is 5.17 Å². The van der Waals surface area contributed by atoms with Crippen LogP contribution in [0.1, 0.15) is 18.1 Å². The quantitative estimate of drug-likeness (QED) is 0.842. The van der Waals surface area contributed by atoms with Gasteiger partial charge in [0.25, 0.3) is 0 Å². The molecule has 0 bridgehead atoms. The van der Waals surface area contributed by atoms with Crippen LogP contribution in [0.15, 0.2) is 40.4 Å². The van der Waals surface area contributed by atoms with Crippen molar-refractivity contribution < 1.29 is 13.9 Å². The third-order valence-corrected chi connectivity index (χ3v) is 5.39. The molecule has 126 valence electrons. The molecule has 0 N–H and O–H groups in total. The maximum Gasteiger partial charge on any atom is 0.228 e. The van der Waals surface area contributed by atoms with Gasteiger partial charge in [-0.2, -0.15) is 0 Å². The number of ether oxygens (including phenoxy) is 1. The lowest BCUT2D eigenvalue weighted by Gasteiger charge is -2.33. The molecule has 24 heavy (non-hydrogen) atoms. The fraction of sp³-hybridized carbons (Fsp3) is 0.412. The van der Waals surface area contributed by atoms with E-state index in [9.17, 15) is 9.18 Å². The zero-order valence-electron chi connectivity index (χ0n) is 13.2. The lowest BCUT2D eigenvalue weighted by atomic mass is 10.1.